The van der Waals surface area contributed by atoms with E-state index in [2.05, 4.69) is 4.98 Å². The summed E-state index contributed by atoms with van der Waals surface area (Å²) in [5.74, 6) is -0.244. The molecule has 15 heavy (non-hydrogen) atoms. The number of hydrogen-bond donors (Lipinski definition) is 1. The molecule has 0 spiro atoms. The molecule has 0 aliphatic rings. The lowest BCUT2D eigenvalue weighted by molar-refractivity contribution is 0.277. The molecule has 0 amide bonds. The quantitative estimate of drug-likeness (QED) is 0.813. The van der Waals surface area contributed by atoms with E-state index in [0.29, 0.717) is 16.9 Å². The van der Waals surface area contributed by atoms with Crippen molar-refractivity contribution in [2.45, 2.75) is 13.5 Å². The third-order valence-electron chi connectivity index (χ3n) is 2.25. The second-order valence-electron chi connectivity index (χ2n) is 3.36. The van der Waals surface area contributed by atoms with Crippen LogP contribution < -0.4 is 0 Å². The van der Waals surface area contributed by atoms with Gasteiger partial charge in [-0.3, -0.25) is 0 Å². The zero-order valence-electron chi connectivity index (χ0n) is 8.31. The van der Waals surface area contributed by atoms with Crippen LogP contribution in [0.15, 0.2) is 30.7 Å². The Morgan fingerprint density at radius 3 is 2.87 bits per heavy atom. The number of nitrogens with zero attached hydrogens (tertiary/aromatic N) is 2. The van der Waals surface area contributed by atoms with Gasteiger partial charge in [0.2, 0.25) is 0 Å². The normalized spacial score (nSPS) is 10.6. The molecule has 0 saturated carbocycles. The van der Waals surface area contributed by atoms with E-state index in [9.17, 15) is 4.39 Å². The first kappa shape index (κ1) is 9.86. The first-order valence-corrected chi connectivity index (χ1v) is 4.61. The second-order valence-corrected chi connectivity index (χ2v) is 3.36. The van der Waals surface area contributed by atoms with E-state index in [-0.39, 0.29) is 12.4 Å². The van der Waals surface area contributed by atoms with Crippen molar-refractivity contribution in [1.29, 1.82) is 0 Å². The van der Waals surface area contributed by atoms with Crippen LogP contribution >= 0.6 is 0 Å². The molecule has 0 fully saturated rings. The monoisotopic (exact) mass is 206 g/mol. The van der Waals surface area contributed by atoms with E-state index in [1.807, 2.05) is 0 Å². The predicted octanol–water partition coefficient (Wildman–Crippen LogP) is 1.81. The lowest BCUT2D eigenvalue weighted by Crippen LogP contribution is -1.92. The Morgan fingerprint density at radius 1 is 1.47 bits per heavy atom. The molecule has 0 unspecified atom stereocenters. The SMILES string of the molecule is Cc1ccc(-n2cnc(CO)c2)cc1F. The Hall–Kier alpha value is -1.68. The molecular formula is C11H11FN2O. The Bertz CT molecular complexity index is 479. The van der Waals surface area contributed by atoms with Gasteiger partial charge in [-0.25, -0.2) is 9.37 Å². The number of aryl methyl sites for hydroxylation is 1. The van der Waals surface area contributed by atoms with Crippen LogP contribution in [0.1, 0.15) is 11.3 Å². The Kier molecular flexibility index (Phi) is 2.51. The summed E-state index contributed by atoms with van der Waals surface area (Å²) in [7, 11) is 0. The van der Waals surface area contributed by atoms with Crippen LogP contribution in [0.4, 0.5) is 4.39 Å². The van der Waals surface area contributed by atoms with Gasteiger partial charge in [0.1, 0.15) is 5.82 Å². The highest BCUT2D eigenvalue weighted by atomic mass is 19.1. The summed E-state index contributed by atoms with van der Waals surface area (Å²) in [4.78, 5) is 3.95. The maximum absolute atomic E-state index is 13.3. The smallest absolute Gasteiger partial charge is 0.128 e. The van der Waals surface area contributed by atoms with Crippen LogP contribution in [0.3, 0.4) is 0 Å². The number of aliphatic hydroxyl groups is 1. The van der Waals surface area contributed by atoms with Crippen molar-refractivity contribution in [1.82, 2.24) is 9.55 Å². The lowest BCUT2D eigenvalue weighted by Gasteiger charge is -2.03. The van der Waals surface area contributed by atoms with Gasteiger partial charge >= 0.3 is 0 Å². The van der Waals surface area contributed by atoms with Crippen molar-refractivity contribution in [3.63, 3.8) is 0 Å². The topological polar surface area (TPSA) is 38.0 Å². The minimum atomic E-state index is -0.244. The first-order chi connectivity index (χ1) is 7.20. The minimum Gasteiger partial charge on any atom is -0.390 e. The molecule has 4 heteroatoms. The van der Waals surface area contributed by atoms with Crippen LogP contribution in [-0.4, -0.2) is 14.7 Å². The van der Waals surface area contributed by atoms with E-state index >= 15 is 0 Å². The van der Waals surface area contributed by atoms with Crippen molar-refractivity contribution in [3.05, 3.63) is 47.8 Å². The Balaban J connectivity index is 2.40. The van der Waals surface area contributed by atoms with Gasteiger partial charge < -0.3 is 9.67 Å². The minimum absolute atomic E-state index is 0.110. The van der Waals surface area contributed by atoms with Gasteiger partial charge in [-0.05, 0) is 24.6 Å². The summed E-state index contributed by atoms with van der Waals surface area (Å²) >= 11 is 0. The van der Waals surface area contributed by atoms with Gasteiger partial charge in [0, 0.05) is 11.9 Å². The van der Waals surface area contributed by atoms with Crippen LogP contribution in [0.5, 0.6) is 0 Å². The number of aliphatic hydroxyl groups excluding tert-OH is 1. The second kappa shape index (κ2) is 3.82. The molecule has 0 aliphatic carbocycles. The van der Waals surface area contributed by atoms with Crippen LogP contribution in [0.25, 0.3) is 5.69 Å². The Labute approximate surface area is 86.8 Å². The number of aromatic nitrogens is 2. The molecule has 1 N–H and O–H groups in total. The maximum atomic E-state index is 13.3. The summed E-state index contributed by atoms with van der Waals surface area (Å²) in [5, 5.41) is 8.85. The van der Waals surface area contributed by atoms with E-state index in [4.69, 9.17) is 5.11 Å². The molecule has 3 nitrogen and oxygen atoms in total. The first-order valence-electron chi connectivity index (χ1n) is 4.61. The summed E-state index contributed by atoms with van der Waals surface area (Å²) < 4.78 is 14.9. The summed E-state index contributed by atoms with van der Waals surface area (Å²) in [6, 6.07) is 4.96. The van der Waals surface area contributed by atoms with E-state index in [1.54, 1.807) is 36.1 Å². The molecule has 2 aromatic rings. The number of halogens is 1. The fraction of sp³-hybridized carbons (Fsp3) is 0.182. The van der Waals surface area contributed by atoms with Crippen molar-refractivity contribution in [3.8, 4) is 5.69 Å². The average Bonchev–Trinajstić information content (AvgIpc) is 2.70. The third kappa shape index (κ3) is 1.89. The van der Waals surface area contributed by atoms with E-state index in [1.165, 1.54) is 6.07 Å². The van der Waals surface area contributed by atoms with Gasteiger partial charge in [0.15, 0.2) is 0 Å². The van der Waals surface area contributed by atoms with Crippen LogP contribution in [0.2, 0.25) is 0 Å². The number of benzene rings is 1. The molecule has 78 valence electrons. The molecule has 0 saturated heterocycles. The van der Waals surface area contributed by atoms with Gasteiger partial charge in [0.25, 0.3) is 0 Å². The van der Waals surface area contributed by atoms with Gasteiger partial charge in [-0.15, -0.1) is 0 Å². The highest BCUT2D eigenvalue weighted by Gasteiger charge is 2.02. The van der Waals surface area contributed by atoms with Gasteiger partial charge in [0.05, 0.1) is 18.6 Å². The van der Waals surface area contributed by atoms with Crippen molar-refractivity contribution in [2.24, 2.45) is 0 Å². The molecule has 0 bridgehead atoms. The highest BCUT2D eigenvalue weighted by molar-refractivity contribution is 5.35. The average molecular weight is 206 g/mol. The van der Waals surface area contributed by atoms with Crippen molar-refractivity contribution < 1.29 is 9.50 Å². The highest BCUT2D eigenvalue weighted by Crippen LogP contribution is 2.13. The molecular weight excluding hydrogens is 195 g/mol. The van der Waals surface area contributed by atoms with Gasteiger partial charge in [-0.2, -0.15) is 0 Å². The molecule has 1 heterocycles. The number of hydrogen-bond acceptors (Lipinski definition) is 2. The number of rotatable bonds is 2. The Morgan fingerprint density at radius 2 is 2.27 bits per heavy atom. The van der Waals surface area contributed by atoms with Crippen molar-refractivity contribution in [2.75, 3.05) is 0 Å². The summed E-state index contributed by atoms with van der Waals surface area (Å²) in [6.45, 7) is 1.60. The van der Waals surface area contributed by atoms with E-state index in [0.717, 1.165) is 0 Å². The number of imidazole rings is 1. The molecule has 0 aliphatic heterocycles. The van der Waals surface area contributed by atoms with E-state index < -0.39 is 0 Å². The van der Waals surface area contributed by atoms with Crippen molar-refractivity contribution >= 4 is 0 Å². The van der Waals surface area contributed by atoms with Gasteiger partial charge in [-0.1, -0.05) is 6.07 Å². The molecule has 0 radical (unpaired) electrons. The summed E-state index contributed by atoms with van der Waals surface area (Å²) in [6.07, 6.45) is 3.22. The van der Waals surface area contributed by atoms with Crippen LogP contribution in [-0.2, 0) is 6.61 Å². The third-order valence-corrected chi connectivity index (χ3v) is 2.25. The molecule has 2 rings (SSSR count). The zero-order chi connectivity index (χ0) is 10.8. The molecule has 1 aromatic carbocycles. The largest absolute Gasteiger partial charge is 0.390 e. The predicted molar refractivity (Wildman–Crippen MR) is 54.2 cm³/mol. The molecule has 1 aromatic heterocycles. The zero-order valence-corrected chi connectivity index (χ0v) is 8.31. The molecule has 0 atom stereocenters. The lowest BCUT2D eigenvalue weighted by atomic mass is 10.2. The maximum Gasteiger partial charge on any atom is 0.128 e. The van der Waals surface area contributed by atoms with Crippen LogP contribution in [0, 0.1) is 12.7 Å². The fourth-order valence-corrected chi connectivity index (χ4v) is 1.33. The summed E-state index contributed by atoms with van der Waals surface area (Å²) in [5.41, 5.74) is 1.88. The fourth-order valence-electron chi connectivity index (χ4n) is 1.33. The standard InChI is InChI=1S/C11H11FN2O/c1-8-2-3-10(4-11(8)12)14-5-9(6-15)13-7-14/h2-5,7,15H,6H2,1H3.